The second-order valence-electron chi connectivity index (χ2n) is 8.05. The SMILES string of the molecule is CC1(C(=O)N2CC3(C2)CS(=O)(=O)[C@@H](CN2CCOCC2)CO3)COC1. The molecule has 1 amide bonds. The van der Waals surface area contributed by atoms with Gasteiger partial charge >= 0.3 is 0 Å². The highest BCUT2D eigenvalue weighted by molar-refractivity contribution is 7.92. The van der Waals surface area contributed by atoms with Crippen molar-refractivity contribution in [1.29, 1.82) is 0 Å². The molecule has 0 aromatic rings. The fraction of sp³-hybridized carbons (Fsp3) is 0.938. The van der Waals surface area contributed by atoms with Gasteiger partial charge in [-0.1, -0.05) is 0 Å². The number of rotatable bonds is 3. The van der Waals surface area contributed by atoms with Crippen molar-refractivity contribution in [3.63, 3.8) is 0 Å². The number of nitrogens with zero attached hydrogens (tertiary/aromatic N) is 2. The largest absolute Gasteiger partial charge is 0.379 e. The fourth-order valence-electron chi connectivity index (χ4n) is 4.03. The topological polar surface area (TPSA) is 85.4 Å². The first-order valence-electron chi connectivity index (χ1n) is 8.85. The molecule has 0 N–H and O–H groups in total. The lowest BCUT2D eigenvalue weighted by molar-refractivity contribution is -0.193. The lowest BCUT2D eigenvalue weighted by Crippen LogP contribution is -2.73. The van der Waals surface area contributed by atoms with Crippen LogP contribution >= 0.6 is 0 Å². The molecule has 1 spiro atoms. The van der Waals surface area contributed by atoms with E-state index in [1.807, 2.05) is 6.92 Å². The van der Waals surface area contributed by atoms with Crippen LogP contribution in [-0.2, 0) is 28.8 Å². The number of sulfone groups is 1. The van der Waals surface area contributed by atoms with Crippen LogP contribution in [-0.4, -0.2) is 106 Å². The first kappa shape index (κ1) is 17.7. The fourth-order valence-corrected chi connectivity index (χ4v) is 5.97. The van der Waals surface area contributed by atoms with Gasteiger partial charge in [-0.3, -0.25) is 9.69 Å². The first-order valence-corrected chi connectivity index (χ1v) is 10.6. The van der Waals surface area contributed by atoms with Crippen LogP contribution in [0.2, 0.25) is 0 Å². The Labute approximate surface area is 148 Å². The summed E-state index contributed by atoms with van der Waals surface area (Å²) in [7, 11) is -3.24. The van der Waals surface area contributed by atoms with Crippen LogP contribution in [0.1, 0.15) is 6.92 Å². The molecular formula is C16H26N2O6S. The molecule has 0 aliphatic carbocycles. The molecule has 4 rings (SSSR count). The van der Waals surface area contributed by atoms with E-state index in [4.69, 9.17) is 14.2 Å². The third kappa shape index (κ3) is 3.21. The number of hydrogen-bond acceptors (Lipinski definition) is 7. The minimum absolute atomic E-state index is 0.00595. The van der Waals surface area contributed by atoms with Crippen molar-refractivity contribution >= 4 is 15.7 Å². The molecule has 9 heteroatoms. The molecule has 25 heavy (non-hydrogen) atoms. The number of amides is 1. The van der Waals surface area contributed by atoms with E-state index < -0.39 is 26.1 Å². The van der Waals surface area contributed by atoms with Crippen molar-refractivity contribution < 1.29 is 27.4 Å². The van der Waals surface area contributed by atoms with E-state index >= 15 is 0 Å². The van der Waals surface area contributed by atoms with Gasteiger partial charge in [-0.2, -0.15) is 0 Å². The van der Waals surface area contributed by atoms with Crippen molar-refractivity contribution in [2.75, 3.05) is 71.5 Å². The average molecular weight is 374 g/mol. The van der Waals surface area contributed by atoms with Crippen molar-refractivity contribution in [2.24, 2.45) is 5.41 Å². The van der Waals surface area contributed by atoms with Crippen molar-refractivity contribution in [3.05, 3.63) is 0 Å². The number of carbonyl (C=O) groups excluding carboxylic acids is 1. The molecule has 4 fully saturated rings. The summed E-state index contributed by atoms with van der Waals surface area (Å²) < 4.78 is 41.9. The maximum atomic E-state index is 12.7. The quantitative estimate of drug-likeness (QED) is 0.610. The first-order chi connectivity index (χ1) is 11.8. The highest BCUT2D eigenvalue weighted by atomic mass is 32.2. The molecule has 4 heterocycles. The number of hydrogen-bond donors (Lipinski definition) is 0. The Kier molecular flexibility index (Phi) is 4.35. The van der Waals surface area contributed by atoms with Gasteiger partial charge in [0.1, 0.15) is 5.60 Å². The second kappa shape index (κ2) is 6.16. The zero-order valence-corrected chi connectivity index (χ0v) is 15.4. The number of likely N-dealkylation sites (tertiary alicyclic amines) is 1. The molecule has 0 saturated carbocycles. The zero-order chi connectivity index (χ0) is 17.7. The van der Waals surface area contributed by atoms with Gasteiger partial charge in [-0.25, -0.2) is 8.42 Å². The summed E-state index contributed by atoms with van der Waals surface area (Å²) in [5.74, 6) is 0.0484. The van der Waals surface area contributed by atoms with Crippen LogP contribution in [0.5, 0.6) is 0 Å². The van der Waals surface area contributed by atoms with E-state index in [-0.39, 0.29) is 18.3 Å². The molecule has 142 valence electrons. The molecule has 4 aliphatic rings. The Balaban J connectivity index is 1.34. The third-order valence-electron chi connectivity index (χ3n) is 5.72. The third-order valence-corrected chi connectivity index (χ3v) is 7.95. The predicted octanol–water partition coefficient (Wildman–Crippen LogP) is -1.25. The van der Waals surface area contributed by atoms with Gasteiger partial charge in [0.05, 0.1) is 62.5 Å². The van der Waals surface area contributed by atoms with Gasteiger partial charge in [0.25, 0.3) is 0 Å². The van der Waals surface area contributed by atoms with Crippen LogP contribution in [0.3, 0.4) is 0 Å². The molecule has 1 atom stereocenters. The lowest BCUT2D eigenvalue weighted by Gasteiger charge is -2.54. The molecular weight excluding hydrogens is 348 g/mol. The summed E-state index contributed by atoms with van der Waals surface area (Å²) in [6, 6.07) is 0. The van der Waals surface area contributed by atoms with Crippen LogP contribution in [0, 0.1) is 5.41 Å². The van der Waals surface area contributed by atoms with Crippen LogP contribution < -0.4 is 0 Å². The maximum Gasteiger partial charge on any atom is 0.233 e. The smallest absolute Gasteiger partial charge is 0.233 e. The average Bonchev–Trinajstić information content (AvgIpc) is 2.52. The Morgan fingerprint density at radius 3 is 2.40 bits per heavy atom. The van der Waals surface area contributed by atoms with Gasteiger partial charge in [-0.05, 0) is 6.92 Å². The standard InChI is InChI=1S/C16H26N2O6S/c1-15(10-23-11-15)14(19)18-8-16(9-18)12-25(20,21)13(7-24-16)6-17-2-4-22-5-3-17/h13H,2-12H2,1H3/t13-/m0/s1. The Morgan fingerprint density at radius 2 is 1.84 bits per heavy atom. The Morgan fingerprint density at radius 1 is 1.16 bits per heavy atom. The van der Waals surface area contributed by atoms with E-state index in [2.05, 4.69) is 4.90 Å². The molecule has 0 unspecified atom stereocenters. The summed E-state index contributed by atoms with van der Waals surface area (Å²) in [5, 5.41) is -0.487. The molecule has 0 aromatic heterocycles. The van der Waals surface area contributed by atoms with E-state index in [1.54, 1.807) is 4.90 Å². The lowest BCUT2D eigenvalue weighted by atomic mass is 9.83. The van der Waals surface area contributed by atoms with Gasteiger partial charge in [0, 0.05) is 19.6 Å². The van der Waals surface area contributed by atoms with Gasteiger partial charge in [0.15, 0.2) is 9.84 Å². The van der Waals surface area contributed by atoms with E-state index in [0.717, 1.165) is 13.1 Å². The molecule has 0 bridgehead atoms. The second-order valence-corrected chi connectivity index (χ2v) is 10.3. The summed E-state index contributed by atoms with van der Waals surface area (Å²) in [6.07, 6.45) is 0. The molecule has 8 nitrogen and oxygen atoms in total. The minimum atomic E-state index is -3.24. The van der Waals surface area contributed by atoms with Gasteiger partial charge in [-0.15, -0.1) is 0 Å². The normalized spacial score (nSPS) is 33.5. The molecule has 4 aliphatic heterocycles. The summed E-state index contributed by atoms with van der Waals surface area (Å²) in [4.78, 5) is 16.3. The summed E-state index contributed by atoms with van der Waals surface area (Å²) in [6.45, 7) is 7.04. The van der Waals surface area contributed by atoms with E-state index in [9.17, 15) is 13.2 Å². The van der Waals surface area contributed by atoms with Crippen LogP contribution in [0.4, 0.5) is 0 Å². The zero-order valence-electron chi connectivity index (χ0n) is 14.6. The minimum Gasteiger partial charge on any atom is -0.379 e. The summed E-state index contributed by atoms with van der Waals surface area (Å²) >= 11 is 0. The van der Waals surface area contributed by atoms with Crippen LogP contribution in [0.25, 0.3) is 0 Å². The van der Waals surface area contributed by atoms with E-state index in [1.165, 1.54) is 0 Å². The number of morpholine rings is 1. The van der Waals surface area contributed by atoms with Gasteiger partial charge < -0.3 is 19.1 Å². The van der Waals surface area contributed by atoms with Crippen molar-refractivity contribution in [1.82, 2.24) is 9.80 Å². The predicted molar refractivity (Wildman–Crippen MR) is 89.0 cm³/mol. The highest BCUT2D eigenvalue weighted by Crippen LogP contribution is 2.37. The molecule has 0 radical (unpaired) electrons. The maximum absolute atomic E-state index is 12.7. The molecule has 4 saturated heterocycles. The van der Waals surface area contributed by atoms with Crippen LogP contribution in [0.15, 0.2) is 0 Å². The van der Waals surface area contributed by atoms with E-state index in [0.29, 0.717) is 46.1 Å². The monoisotopic (exact) mass is 374 g/mol. The van der Waals surface area contributed by atoms with Gasteiger partial charge in [0.2, 0.25) is 5.91 Å². The van der Waals surface area contributed by atoms with Crippen molar-refractivity contribution in [3.8, 4) is 0 Å². The summed E-state index contributed by atoms with van der Waals surface area (Å²) in [5.41, 5.74) is -1.16. The number of ether oxygens (including phenoxy) is 3. The Bertz CT molecular complexity index is 635. The highest BCUT2D eigenvalue weighted by Gasteiger charge is 2.56. The number of carbonyl (C=O) groups is 1. The Hall–Kier alpha value is -0.740. The molecule has 0 aromatic carbocycles. The van der Waals surface area contributed by atoms with Crippen molar-refractivity contribution in [2.45, 2.75) is 17.8 Å².